The van der Waals surface area contributed by atoms with Gasteiger partial charge in [-0.1, -0.05) is 0 Å². The first kappa shape index (κ1) is 22.2. The molecule has 0 aromatic heterocycles. The van der Waals surface area contributed by atoms with Crippen molar-refractivity contribution in [1.29, 1.82) is 0 Å². The second-order valence-electron chi connectivity index (χ2n) is 8.53. The van der Waals surface area contributed by atoms with Crippen LogP contribution < -0.4 is 10.6 Å². The van der Waals surface area contributed by atoms with Gasteiger partial charge in [-0.05, 0) is 70.9 Å². The SMILES string of the molecule is CC(=O)N(C)C1CCC(NCCCNC2CCC(N(C)C(C)=O)CC2)CC1. The van der Waals surface area contributed by atoms with Crippen molar-refractivity contribution in [1.82, 2.24) is 20.4 Å². The molecule has 2 fully saturated rings. The molecule has 0 heterocycles. The van der Waals surface area contributed by atoms with Gasteiger partial charge in [0.15, 0.2) is 0 Å². The number of carbonyl (C=O) groups excluding carboxylic acids is 2. The van der Waals surface area contributed by atoms with Crippen LogP contribution in [0.3, 0.4) is 0 Å². The van der Waals surface area contributed by atoms with Crippen LogP contribution >= 0.6 is 0 Å². The highest BCUT2D eigenvalue weighted by Crippen LogP contribution is 2.23. The van der Waals surface area contributed by atoms with Crippen LogP contribution in [0.5, 0.6) is 0 Å². The highest BCUT2D eigenvalue weighted by molar-refractivity contribution is 5.73. The van der Waals surface area contributed by atoms with Gasteiger partial charge < -0.3 is 20.4 Å². The van der Waals surface area contributed by atoms with Crippen molar-refractivity contribution in [3.8, 4) is 0 Å². The van der Waals surface area contributed by atoms with Gasteiger partial charge in [-0.15, -0.1) is 0 Å². The summed E-state index contributed by atoms with van der Waals surface area (Å²) in [6, 6.07) is 2.08. The van der Waals surface area contributed by atoms with E-state index in [1.54, 1.807) is 13.8 Å². The monoisotopic (exact) mass is 380 g/mol. The Morgan fingerprint density at radius 2 is 1.04 bits per heavy atom. The molecule has 6 heteroatoms. The van der Waals surface area contributed by atoms with Crippen molar-refractivity contribution in [3.63, 3.8) is 0 Å². The number of rotatable bonds is 8. The number of hydrogen-bond donors (Lipinski definition) is 2. The molecule has 2 N–H and O–H groups in total. The minimum atomic E-state index is 0.180. The molecule has 2 saturated carbocycles. The summed E-state index contributed by atoms with van der Waals surface area (Å²) in [4.78, 5) is 26.7. The maximum Gasteiger partial charge on any atom is 0.219 e. The summed E-state index contributed by atoms with van der Waals surface area (Å²) in [6.07, 6.45) is 10.3. The third-order valence-electron chi connectivity index (χ3n) is 6.70. The number of nitrogens with zero attached hydrogens (tertiary/aromatic N) is 2. The lowest BCUT2D eigenvalue weighted by Gasteiger charge is -2.35. The molecule has 6 nitrogen and oxygen atoms in total. The number of carbonyl (C=O) groups is 2. The molecule has 2 rings (SSSR count). The van der Waals surface area contributed by atoms with E-state index in [4.69, 9.17) is 0 Å². The topological polar surface area (TPSA) is 64.7 Å². The normalized spacial score (nSPS) is 28.6. The van der Waals surface area contributed by atoms with Crippen LogP contribution in [-0.2, 0) is 9.59 Å². The molecule has 0 radical (unpaired) electrons. The van der Waals surface area contributed by atoms with Gasteiger partial charge in [0.1, 0.15) is 0 Å². The summed E-state index contributed by atoms with van der Waals surface area (Å²) in [7, 11) is 3.86. The fraction of sp³-hybridized carbons (Fsp3) is 0.905. The van der Waals surface area contributed by atoms with E-state index in [2.05, 4.69) is 10.6 Å². The second-order valence-corrected chi connectivity index (χ2v) is 8.53. The molecule has 0 atom stereocenters. The molecule has 156 valence electrons. The van der Waals surface area contributed by atoms with Gasteiger partial charge >= 0.3 is 0 Å². The largest absolute Gasteiger partial charge is 0.343 e. The molecule has 0 spiro atoms. The molecule has 27 heavy (non-hydrogen) atoms. The Kier molecular flexibility index (Phi) is 9.03. The molecule has 0 aromatic rings. The van der Waals surface area contributed by atoms with Crippen LogP contribution in [0.4, 0.5) is 0 Å². The quantitative estimate of drug-likeness (QED) is 0.633. The molecule has 0 aromatic carbocycles. The third kappa shape index (κ3) is 7.07. The van der Waals surface area contributed by atoms with E-state index in [1.165, 1.54) is 25.7 Å². The summed E-state index contributed by atoms with van der Waals surface area (Å²) >= 11 is 0. The van der Waals surface area contributed by atoms with Crippen LogP contribution in [0.1, 0.15) is 71.6 Å². The Balaban J connectivity index is 1.50. The van der Waals surface area contributed by atoms with Crippen LogP contribution in [0.25, 0.3) is 0 Å². The van der Waals surface area contributed by atoms with Gasteiger partial charge in [-0.2, -0.15) is 0 Å². The zero-order valence-electron chi connectivity index (χ0n) is 17.8. The molecular formula is C21H40N4O2. The summed E-state index contributed by atoms with van der Waals surface area (Å²) in [5.74, 6) is 0.360. The molecule has 2 aliphatic carbocycles. The lowest BCUT2D eigenvalue weighted by atomic mass is 9.90. The first-order chi connectivity index (χ1) is 12.9. The summed E-state index contributed by atoms with van der Waals surface area (Å²) < 4.78 is 0. The van der Waals surface area contributed by atoms with Gasteiger partial charge in [0.2, 0.25) is 11.8 Å². The Labute approximate surface area is 165 Å². The number of amides is 2. The van der Waals surface area contributed by atoms with Gasteiger partial charge in [-0.25, -0.2) is 0 Å². The van der Waals surface area contributed by atoms with Crippen molar-refractivity contribution in [2.45, 2.75) is 95.8 Å². The van der Waals surface area contributed by atoms with Crippen molar-refractivity contribution in [2.24, 2.45) is 0 Å². The van der Waals surface area contributed by atoms with E-state index in [0.717, 1.165) is 45.2 Å². The van der Waals surface area contributed by atoms with Gasteiger partial charge in [0, 0.05) is 52.1 Å². The minimum absolute atomic E-state index is 0.180. The lowest BCUT2D eigenvalue weighted by molar-refractivity contribution is -0.131. The summed E-state index contributed by atoms with van der Waals surface area (Å²) in [5.41, 5.74) is 0. The summed E-state index contributed by atoms with van der Waals surface area (Å²) in [6.45, 7) is 5.44. The number of nitrogens with one attached hydrogen (secondary N) is 2. The Bertz CT molecular complexity index is 427. The molecule has 0 bridgehead atoms. The maximum absolute atomic E-state index is 11.5. The fourth-order valence-corrected chi connectivity index (χ4v) is 4.55. The standard InChI is InChI=1S/C21H40N4O2/c1-16(26)24(3)20-10-6-18(7-11-20)22-14-5-15-23-19-8-12-21(13-9-19)25(4)17(2)27/h18-23H,5-15H2,1-4H3. The van der Waals surface area contributed by atoms with Crippen molar-refractivity contribution in [2.75, 3.05) is 27.2 Å². The predicted molar refractivity (Wildman–Crippen MR) is 110 cm³/mol. The van der Waals surface area contributed by atoms with Crippen LogP contribution in [0.2, 0.25) is 0 Å². The van der Waals surface area contributed by atoms with Crippen LogP contribution in [-0.4, -0.2) is 73.0 Å². The highest BCUT2D eigenvalue weighted by Gasteiger charge is 2.26. The minimum Gasteiger partial charge on any atom is -0.343 e. The predicted octanol–water partition coefficient (Wildman–Crippen LogP) is 2.13. The fourth-order valence-electron chi connectivity index (χ4n) is 4.55. The lowest BCUT2D eigenvalue weighted by Crippen LogP contribution is -2.44. The zero-order valence-corrected chi connectivity index (χ0v) is 17.8. The van der Waals surface area contributed by atoms with E-state index in [0.29, 0.717) is 24.2 Å². The first-order valence-corrected chi connectivity index (χ1v) is 10.8. The van der Waals surface area contributed by atoms with E-state index in [-0.39, 0.29) is 11.8 Å². The van der Waals surface area contributed by atoms with Gasteiger partial charge in [0.05, 0.1) is 0 Å². The first-order valence-electron chi connectivity index (χ1n) is 10.8. The summed E-state index contributed by atoms with van der Waals surface area (Å²) in [5, 5.41) is 7.39. The molecular weight excluding hydrogens is 340 g/mol. The van der Waals surface area contributed by atoms with Gasteiger partial charge in [0.25, 0.3) is 0 Å². The average Bonchev–Trinajstić information content (AvgIpc) is 2.67. The van der Waals surface area contributed by atoms with Crippen LogP contribution in [0, 0.1) is 0 Å². The van der Waals surface area contributed by atoms with E-state index in [9.17, 15) is 9.59 Å². The van der Waals surface area contributed by atoms with E-state index >= 15 is 0 Å². The van der Waals surface area contributed by atoms with Crippen molar-refractivity contribution < 1.29 is 9.59 Å². The molecule has 0 saturated heterocycles. The van der Waals surface area contributed by atoms with Gasteiger partial charge in [-0.3, -0.25) is 9.59 Å². The van der Waals surface area contributed by atoms with E-state index in [1.807, 2.05) is 23.9 Å². The Morgan fingerprint density at radius 1 is 0.704 bits per heavy atom. The molecule has 0 unspecified atom stereocenters. The third-order valence-corrected chi connectivity index (χ3v) is 6.70. The molecule has 0 aliphatic heterocycles. The van der Waals surface area contributed by atoms with Crippen molar-refractivity contribution >= 4 is 11.8 Å². The number of hydrogen-bond acceptors (Lipinski definition) is 4. The van der Waals surface area contributed by atoms with Crippen LogP contribution in [0.15, 0.2) is 0 Å². The smallest absolute Gasteiger partial charge is 0.219 e. The molecule has 2 amide bonds. The van der Waals surface area contributed by atoms with Crippen molar-refractivity contribution in [3.05, 3.63) is 0 Å². The average molecular weight is 381 g/mol. The molecule has 2 aliphatic rings. The Morgan fingerprint density at radius 3 is 1.33 bits per heavy atom. The Hall–Kier alpha value is -1.14. The van der Waals surface area contributed by atoms with E-state index < -0.39 is 0 Å². The zero-order chi connectivity index (χ0) is 19.8. The highest BCUT2D eigenvalue weighted by atomic mass is 16.2. The maximum atomic E-state index is 11.5. The second kappa shape index (κ2) is 11.0.